The highest BCUT2D eigenvalue weighted by Gasteiger charge is 2.33. The topological polar surface area (TPSA) is 49.3 Å². The van der Waals surface area contributed by atoms with E-state index < -0.39 is 11.5 Å². The smallest absolute Gasteiger partial charge is 0.328 e. The highest BCUT2D eigenvalue weighted by Crippen LogP contribution is 2.20. The molecule has 1 aromatic carbocycles. The zero-order valence-electron chi connectivity index (χ0n) is 8.45. The Morgan fingerprint density at radius 1 is 1.43 bits per heavy atom. The predicted octanol–water partition coefficient (Wildman–Crippen LogP) is 1.60. The Balaban J connectivity index is 3.06. The van der Waals surface area contributed by atoms with E-state index in [1.165, 1.54) is 0 Å². The summed E-state index contributed by atoms with van der Waals surface area (Å²) in [7, 11) is 0. The number of carbonyl (C=O) groups is 1. The van der Waals surface area contributed by atoms with Gasteiger partial charge in [-0.05, 0) is 19.0 Å². The summed E-state index contributed by atoms with van der Waals surface area (Å²) in [6, 6.07) is 9.19. The molecule has 14 heavy (non-hydrogen) atoms. The zero-order chi connectivity index (χ0) is 10.6. The van der Waals surface area contributed by atoms with Crippen molar-refractivity contribution in [2.24, 2.45) is 0 Å². The number of carboxylic acid groups (broad SMARTS) is 1. The lowest BCUT2D eigenvalue weighted by atomic mass is 9.92. The standard InChI is InChI=1S/C11H15NO2/c1-3-12-11(2,10(13)14)9-7-5-4-6-8-9/h4-8,12H,3H2,1-2H3,(H,13,14)/t11-/m0/s1. The van der Waals surface area contributed by atoms with Crippen LogP contribution in [0.1, 0.15) is 19.4 Å². The fourth-order valence-electron chi connectivity index (χ4n) is 1.43. The Morgan fingerprint density at radius 2 is 2.00 bits per heavy atom. The van der Waals surface area contributed by atoms with Crippen LogP contribution in [0.4, 0.5) is 0 Å². The third-order valence-electron chi connectivity index (χ3n) is 2.31. The first-order valence-electron chi connectivity index (χ1n) is 4.65. The molecule has 1 aromatic rings. The van der Waals surface area contributed by atoms with Gasteiger partial charge >= 0.3 is 5.97 Å². The van der Waals surface area contributed by atoms with Crippen molar-refractivity contribution in [2.75, 3.05) is 6.54 Å². The van der Waals surface area contributed by atoms with Gasteiger partial charge in [0.1, 0.15) is 5.54 Å². The van der Waals surface area contributed by atoms with Crippen molar-refractivity contribution in [3.05, 3.63) is 35.9 Å². The Labute approximate surface area is 83.8 Å². The van der Waals surface area contributed by atoms with Crippen LogP contribution in [-0.4, -0.2) is 17.6 Å². The first-order chi connectivity index (χ1) is 6.61. The molecule has 0 amide bonds. The number of likely N-dealkylation sites (N-methyl/N-ethyl adjacent to an activating group) is 1. The minimum absolute atomic E-state index is 0.623. The second-order valence-corrected chi connectivity index (χ2v) is 3.33. The fraction of sp³-hybridized carbons (Fsp3) is 0.364. The highest BCUT2D eigenvalue weighted by molar-refractivity contribution is 5.80. The molecular formula is C11H15NO2. The lowest BCUT2D eigenvalue weighted by molar-refractivity contribution is -0.144. The van der Waals surface area contributed by atoms with E-state index in [4.69, 9.17) is 5.11 Å². The molecule has 0 aliphatic rings. The maximum atomic E-state index is 11.1. The van der Waals surface area contributed by atoms with Crippen LogP contribution in [0.2, 0.25) is 0 Å². The zero-order valence-corrected chi connectivity index (χ0v) is 8.45. The summed E-state index contributed by atoms with van der Waals surface area (Å²) in [5.74, 6) is -0.856. The summed E-state index contributed by atoms with van der Waals surface area (Å²) in [6.07, 6.45) is 0. The first kappa shape index (κ1) is 10.7. The van der Waals surface area contributed by atoms with Crippen LogP contribution in [0, 0.1) is 0 Å². The van der Waals surface area contributed by atoms with Crippen LogP contribution >= 0.6 is 0 Å². The van der Waals surface area contributed by atoms with Gasteiger partial charge < -0.3 is 5.11 Å². The van der Waals surface area contributed by atoms with Crippen LogP contribution in [0.25, 0.3) is 0 Å². The van der Waals surface area contributed by atoms with Crippen molar-refractivity contribution in [1.82, 2.24) is 5.32 Å². The minimum atomic E-state index is -0.990. The first-order valence-corrected chi connectivity index (χ1v) is 4.65. The second kappa shape index (κ2) is 4.24. The quantitative estimate of drug-likeness (QED) is 0.763. The molecule has 0 unspecified atom stereocenters. The van der Waals surface area contributed by atoms with Gasteiger partial charge in [-0.2, -0.15) is 0 Å². The van der Waals surface area contributed by atoms with Gasteiger partial charge in [0.05, 0.1) is 0 Å². The molecule has 0 spiro atoms. The number of nitrogens with one attached hydrogen (secondary N) is 1. The van der Waals surface area contributed by atoms with Gasteiger partial charge in [0.2, 0.25) is 0 Å². The summed E-state index contributed by atoms with van der Waals surface area (Å²) in [4.78, 5) is 11.1. The lowest BCUT2D eigenvalue weighted by Gasteiger charge is -2.26. The third kappa shape index (κ3) is 1.93. The van der Waals surface area contributed by atoms with Crippen molar-refractivity contribution in [2.45, 2.75) is 19.4 Å². The summed E-state index contributed by atoms with van der Waals surface area (Å²) < 4.78 is 0. The molecule has 0 bridgehead atoms. The molecule has 0 heterocycles. The van der Waals surface area contributed by atoms with Gasteiger partial charge in [0, 0.05) is 0 Å². The van der Waals surface area contributed by atoms with E-state index in [1.807, 2.05) is 37.3 Å². The van der Waals surface area contributed by atoms with Gasteiger partial charge in [-0.3, -0.25) is 5.32 Å². The van der Waals surface area contributed by atoms with Gasteiger partial charge in [-0.15, -0.1) is 0 Å². The van der Waals surface area contributed by atoms with Crippen LogP contribution in [-0.2, 0) is 10.3 Å². The number of rotatable bonds is 4. The van der Waals surface area contributed by atoms with Crippen molar-refractivity contribution >= 4 is 5.97 Å². The molecule has 1 rings (SSSR count). The fourth-order valence-corrected chi connectivity index (χ4v) is 1.43. The van der Waals surface area contributed by atoms with Crippen LogP contribution < -0.4 is 5.32 Å². The van der Waals surface area contributed by atoms with E-state index in [0.29, 0.717) is 6.54 Å². The number of carboxylic acids is 1. The van der Waals surface area contributed by atoms with Crippen LogP contribution in [0.5, 0.6) is 0 Å². The highest BCUT2D eigenvalue weighted by atomic mass is 16.4. The number of hydrogen-bond acceptors (Lipinski definition) is 2. The Bertz CT molecular complexity index is 310. The van der Waals surface area contributed by atoms with E-state index in [9.17, 15) is 4.79 Å². The van der Waals surface area contributed by atoms with Gasteiger partial charge in [0.15, 0.2) is 0 Å². The van der Waals surface area contributed by atoms with Gasteiger partial charge in [0.25, 0.3) is 0 Å². The molecule has 0 radical (unpaired) electrons. The van der Waals surface area contributed by atoms with Crippen molar-refractivity contribution < 1.29 is 9.90 Å². The maximum Gasteiger partial charge on any atom is 0.328 e. The number of hydrogen-bond donors (Lipinski definition) is 2. The second-order valence-electron chi connectivity index (χ2n) is 3.33. The van der Waals surface area contributed by atoms with Crippen molar-refractivity contribution in [1.29, 1.82) is 0 Å². The molecule has 0 aliphatic heterocycles. The number of aliphatic carboxylic acids is 1. The van der Waals surface area contributed by atoms with Gasteiger partial charge in [-0.1, -0.05) is 37.3 Å². The monoisotopic (exact) mass is 193 g/mol. The summed E-state index contributed by atoms with van der Waals surface area (Å²) in [5.41, 5.74) is -0.218. The molecule has 0 saturated carbocycles. The third-order valence-corrected chi connectivity index (χ3v) is 2.31. The Morgan fingerprint density at radius 3 is 2.43 bits per heavy atom. The molecule has 3 heteroatoms. The number of benzene rings is 1. The molecule has 76 valence electrons. The van der Waals surface area contributed by atoms with E-state index in [1.54, 1.807) is 6.92 Å². The minimum Gasteiger partial charge on any atom is -0.480 e. The molecule has 2 N–H and O–H groups in total. The van der Waals surface area contributed by atoms with E-state index >= 15 is 0 Å². The largest absolute Gasteiger partial charge is 0.480 e. The average molecular weight is 193 g/mol. The van der Waals surface area contributed by atoms with E-state index in [-0.39, 0.29) is 0 Å². The SMILES string of the molecule is CCN[C@](C)(C(=O)O)c1ccccc1. The molecule has 0 saturated heterocycles. The molecule has 0 aromatic heterocycles. The van der Waals surface area contributed by atoms with E-state index in [2.05, 4.69) is 5.32 Å². The summed E-state index contributed by atoms with van der Waals surface area (Å²) >= 11 is 0. The van der Waals surface area contributed by atoms with Crippen molar-refractivity contribution in [3.8, 4) is 0 Å². The maximum absolute atomic E-state index is 11.1. The Kier molecular flexibility index (Phi) is 3.25. The Hall–Kier alpha value is -1.35. The summed E-state index contributed by atoms with van der Waals surface area (Å²) in [5, 5.41) is 12.1. The normalized spacial score (nSPS) is 14.7. The molecule has 3 nitrogen and oxygen atoms in total. The molecular weight excluding hydrogens is 178 g/mol. The predicted molar refractivity (Wildman–Crippen MR) is 55.1 cm³/mol. The van der Waals surface area contributed by atoms with Gasteiger partial charge in [-0.25, -0.2) is 4.79 Å². The molecule has 0 aliphatic carbocycles. The summed E-state index contributed by atoms with van der Waals surface area (Å²) in [6.45, 7) is 4.19. The molecule has 0 fully saturated rings. The average Bonchev–Trinajstić information content (AvgIpc) is 2.19. The van der Waals surface area contributed by atoms with Crippen LogP contribution in [0.3, 0.4) is 0 Å². The van der Waals surface area contributed by atoms with Crippen molar-refractivity contribution in [3.63, 3.8) is 0 Å². The van der Waals surface area contributed by atoms with Crippen LogP contribution in [0.15, 0.2) is 30.3 Å². The van der Waals surface area contributed by atoms with E-state index in [0.717, 1.165) is 5.56 Å². The molecule has 1 atom stereocenters. The lowest BCUT2D eigenvalue weighted by Crippen LogP contribution is -2.46.